The molecule has 2 aromatic rings. The predicted octanol–water partition coefficient (Wildman–Crippen LogP) is 5.13. The summed E-state index contributed by atoms with van der Waals surface area (Å²) in [5.41, 5.74) is -0.548. The maximum atomic E-state index is 12.5. The third-order valence-electron chi connectivity index (χ3n) is 7.15. The largest absolute Gasteiger partial charge is 2.00 e. The van der Waals surface area contributed by atoms with Crippen molar-refractivity contribution in [2.75, 3.05) is 40.5 Å². The SMILES string of the molecule is CC(C)(C)OC(=O)N1CCC[C@@H]1C(=O)c1ccc(Cl)cc1.CCOCC.CON(C)C(=O)[C@H]1CCCN1C(=O)OC(C)(C)C.Clc1cc[c-]cc1.[Br-].[Mg+2]. The van der Waals surface area contributed by atoms with E-state index in [4.69, 9.17) is 42.3 Å². The number of likely N-dealkylation sites (N-methyl/N-ethyl adjacent to an activating group) is 1. The van der Waals surface area contributed by atoms with Crippen molar-refractivity contribution in [1.82, 2.24) is 14.9 Å². The molecule has 0 saturated carbocycles. The van der Waals surface area contributed by atoms with E-state index in [1.165, 1.54) is 24.0 Å². The van der Waals surface area contributed by atoms with E-state index in [1.807, 2.05) is 34.6 Å². The van der Waals surface area contributed by atoms with Gasteiger partial charge < -0.3 is 31.2 Å². The van der Waals surface area contributed by atoms with Crippen molar-refractivity contribution >= 4 is 70.1 Å². The quantitative estimate of drug-likeness (QED) is 0.170. The fourth-order valence-corrected chi connectivity index (χ4v) is 5.07. The van der Waals surface area contributed by atoms with Crippen molar-refractivity contribution in [2.45, 2.75) is 104 Å². The maximum Gasteiger partial charge on any atom is 2.00 e. The number of halogens is 3. The summed E-state index contributed by atoms with van der Waals surface area (Å²) in [7, 11) is 2.96. The van der Waals surface area contributed by atoms with Gasteiger partial charge in [-0.15, -0.1) is 11.6 Å². The molecule has 2 aromatic carbocycles. The molecule has 0 N–H and O–H groups in total. The second-order valence-electron chi connectivity index (χ2n) is 13.6. The van der Waals surface area contributed by atoms with Crippen LogP contribution in [0.3, 0.4) is 0 Å². The number of hydrogen-bond acceptors (Lipinski definition) is 8. The number of ether oxygens (including phenoxy) is 3. The van der Waals surface area contributed by atoms with E-state index >= 15 is 0 Å². The van der Waals surface area contributed by atoms with Crippen molar-refractivity contribution in [3.63, 3.8) is 0 Å². The number of carbonyl (C=O) groups is 4. The van der Waals surface area contributed by atoms with Crippen LogP contribution in [0.15, 0.2) is 48.5 Å². The minimum Gasteiger partial charge on any atom is -1.00 e. The Balaban J connectivity index is 0. The van der Waals surface area contributed by atoms with E-state index in [2.05, 4.69) is 6.07 Å². The summed E-state index contributed by atoms with van der Waals surface area (Å²) in [6, 6.07) is 15.8. The van der Waals surface area contributed by atoms with Crippen molar-refractivity contribution in [1.29, 1.82) is 0 Å². The van der Waals surface area contributed by atoms with Crippen LogP contribution in [0.2, 0.25) is 10.0 Å². The van der Waals surface area contributed by atoms with Gasteiger partial charge in [-0.05, 0) is 105 Å². The normalized spacial score (nSPS) is 16.1. The fraction of sp³-hybridized carbons (Fsp3) is 0.579. The molecule has 2 aliphatic heterocycles. The van der Waals surface area contributed by atoms with E-state index in [9.17, 15) is 19.2 Å². The van der Waals surface area contributed by atoms with Gasteiger partial charge in [0, 0.05) is 43.9 Å². The zero-order valence-electron chi connectivity index (χ0n) is 32.9. The number of carbonyl (C=O) groups excluding carboxylic acids is 4. The summed E-state index contributed by atoms with van der Waals surface area (Å²) >= 11 is 11.4. The first kappa shape index (κ1) is 53.0. The number of hydrogen-bond donors (Lipinski definition) is 0. The van der Waals surface area contributed by atoms with Gasteiger partial charge in [0.1, 0.15) is 17.2 Å². The Morgan fingerprint density at radius 2 is 1.19 bits per heavy atom. The van der Waals surface area contributed by atoms with Crippen LogP contribution in [0, 0.1) is 6.07 Å². The van der Waals surface area contributed by atoms with E-state index in [-0.39, 0.29) is 51.7 Å². The Bertz CT molecular complexity index is 1360. The molecule has 0 bridgehead atoms. The molecule has 4 rings (SSSR count). The Kier molecular flexibility index (Phi) is 26.6. The molecular weight excluding hydrogens is 802 g/mol. The molecule has 15 heteroatoms. The average molecular weight is 858 g/mol. The van der Waals surface area contributed by atoms with Gasteiger partial charge in [0.25, 0.3) is 5.91 Å². The second kappa shape index (κ2) is 26.6. The van der Waals surface area contributed by atoms with Crippen molar-refractivity contribution in [3.05, 3.63) is 70.2 Å². The van der Waals surface area contributed by atoms with Crippen LogP contribution in [0.25, 0.3) is 0 Å². The van der Waals surface area contributed by atoms with Gasteiger partial charge in [0.2, 0.25) is 0 Å². The van der Waals surface area contributed by atoms with Crippen molar-refractivity contribution < 1.29 is 55.2 Å². The number of ketones is 1. The Morgan fingerprint density at radius 1 is 0.774 bits per heavy atom. The number of nitrogens with zero attached hydrogens (tertiary/aromatic N) is 3. The Labute approximate surface area is 353 Å². The molecule has 11 nitrogen and oxygen atoms in total. The third-order valence-corrected chi connectivity index (χ3v) is 7.65. The summed E-state index contributed by atoms with van der Waals surface area (Å²) < 4.78 is 15.5. The molecule has 0 spiro atoms. The molecular formula is C38H56BrCl2MgN3O8. The van der Waals surface area contributed by atoms with Crippen LogP contribution < -0.4 is 17.0 Å². The molecule has 0 unspecified atom stereocenters. The number of Topliss-reactive ketones (excluding diaryl/α,β-unsaturated/α-hetero) is 1. The van der Waals surface area contributed by atoms with Crippen LogP contribution in [0.1, 0.15) is 91.4 Å². The zero-order chi connectivity index (χ0) is 38.8. The number of hydroxylamine groups is 2. The monoisotopic (exact) mass is 855 g/mol. The van der Waals surface area contributed by atoms with Gasteiger partial charge >= 0.3 is 35.2 Å². The molecule has 3 amide bonds. The molecule has 2 heterocycles. The van der Waals surface area contributed by atoms with Crippen LogP contribution in [-0.2, 0) is 23.8 Å². The van der Waals surface area contributed by atoms with Gasteiger partial charge in [-0.1, -0.05) is 16.6 Å². The first-order valence-corrected chi connectivity index (χ1v) is 17.9. The van der Waals surface area contributed by atoms with Gasteiger partial charge in [0.05, 0.1) is 13.2 Å². The van der Waals surface area contributed by atoms with Gasteiger partial charge in [-0.3, -0.25) is 24.2 Å². The molecule has 53 heavy (non-hydrogen) atoms. The summed E-state index contributed by atoms with van der Waals surface area (Å²) in [4.78, 5) is 56.6. The van der Waals surface area contributed by atoms with Crippen molar-refractivity contribution in [2.24, 2.45) is 0 Å². The van der Waals surface area contributed by atoms with E-state index < -0.39 is 35.5 Å². The van der Waals surface area contributed by atoms with Gasteiger partial charge in [-0.25, -0.2) is 14.7 Å². The summed E-state index contributed by atoms with van der Waals surface area (Å²) in [5.74, 6) is -0.282. The second-order valence-corrected chi connectivity index (χ2v) is 14.4. The number of amides is 3. The Hall–Kier alpha value is -2.13. The fourth-order valence-electron chi connectivity index (χ4n) is 4.82. The number of likely N-dealkylation sites (tertiary alicyclic amines) is 2. The zero-order valence-corrected chi connectivity index (χ0v) is 37.4. The number of rotatable bonds is 6. The topological polar surface area (TPSA) is 115 Å². The molecule has 2 atom stereocenters. The maximum absolute atomic E-state index is 12.5. The van der Waals surface area contributed by atoms with Crippen LogP contribution >= 0.6 is 23.2 Å². The first-order chi connectivity index (χ1) is 23.8. The van der Waals surface area contributed by atoms with E-state index in [0.717, 1.165) is 36.1 Å². The predicted molar refractivity (Wildman–Crippen MR) is 206 cm³/mol. The third kappa shape index (κ3) is 20.9. The molecule has 2 fully saturated rings. The molecule has 2 aliphatic rings. The number of benzene rings is 2. The van der Waals surface area contributed by atoms with E-state index in [0.29, 0.717) is 36.5 Å². The molecule has 0 aliphatic carbocycles. The smallest absolute Gasteiger partial charge is 1.00 e. The van der Waals surface area contributed by atoms with Crippen molar-refractivity contribution in [3.8, 4) is 0 Å². The standard InChI is InChI=1S/C16H20ClNO3.C12H22N2O4.C6H4Cl.C4H10O.BrH.Mg/c1-16(2,3)21-15(20)18-10-4-5-13(18)14(19)11-6-8-12(17)9-7-11;1-12(2,3)18-11(16)14-8-6-7-9(14)10(15)13(4)17-5;7-6-4-2-1-3-5-6;1-3-5-4-2;;/h6-9,13H,4-5,10H2,1-3H3;9H,6-8H2,1-5H3;2-5H;3-4H2,1-2H3;1H;/q;;-1;;;+2/p-1/t13-;9-;;;;/m11..../s1. The summed E-state index contributed by atoms with van der Waals surface area (Å²) in [5, 5.41) is 2.49. The molecule has 2 saturated heterocycles. The first-order valence-electron chi connectivity index (χ1n) is 17.1. The van der Waals surface area contributed by atoms with Gasteiger partial charge in [0.15, 0.2) is 5.78 Å². The molecule has 0 aromatic heterocycles. The average Bonchev–Trinajstić information content (AvgIpc) is 3.75. The van der Waals surface area contributed by atoms with Crippen LogP contribution in [-0.4, -0.2) is 126 Å². The van der Waals surface area contributed by atoms with E-state index in [1.54, 1.807) is 69.3 Å². The summed E-state index contributed by atoms with van der Waals surface area (Å²) in [6.45, 7) is 17.6. The van der Waals surface area contributed by atoms with Gasteiger partial charge in [-0.2, -0.15) is 30.3 Å². The Morgan fingerprint density at radius 3 is 1.55 bits per heavy atom. The molecule has 294 valence electrons. The summed E-state index contributed by atoms with van der Waals surface area (Å²) in [6.07, 6.45) is 2.05. The van der Waals surface area contributed by atoms with Crippen LogP contribution in [0.5, 0.6) is 0 Å². The minimum atomic E-state index is -0.562. The molecule has 0 radical (unpaired) electrons. The van der Waals surface area contributed by atoms with Crippen LogP contribution in [0.4, 0.5) is 9.59 Å². The minimum absolute atomic E-state index is 0.